The highest BCUT2D eigenvalue weighted by molar-refractivity contribution is 6.50. The minimum atomic E-state index is -0.996. The first-order valence-corrected chi connectivity index (χ1v) is 4.30. The molecule has 0 heterocycles. The first-order valence-electron chi connectivity index (χ1n) is 3.54. The van der Waals surface area contributed by atoms with Gasteiger partial charge in [-0.25, -0.2) is 0 Å². The van der Waals surface area contributed by atoms with Crippen LogP contribution in [0.2, 0.25) is 0 Å². The number of rotatable bonds is 2. The highest BCUT2D eigenvalue weighted by Gasteiger charge is 2.32. The summed E-state index contributed by atoms with van der Waals surface area (Å²) in [4.78, 5) is 10.6. The van der Waals surface area contributed by atoms with Crippen molar-refractivity contribution in [3.05, 3.63) is 24.3 Å². The Morgan fingerprint density at radius 3 is 2.67 bits per heavy atom. The van der Waals surface area contributed by atoms with E-state index in [1.807, 2.05) is 0 Å². The molecule has 2 N–H and O–H groups in total. The Kier molecular flexibility index (Phi) is 2.80. The lowest BCUT2D eigenvalue weighted by Gasteiger charge is -2.25. The van der Waals surface area contributed by atoms with Crippen LogP contribution in [0.1, 0.15) is 6.42 Å². The molecule has 0 aromatic carbocycles. The van der Waals surface area contributed by atoms with Crippen molar-refractivity contribution in [3.63, 3.8) is 0 Å². The molecular formula is C8H9Cl2NO. The van der Waals surface area contributed by atoms with Gasteiger partial charge in [-0.1, -0.05) is 41.4 Å². The molecule has 0 saturated carbocycles. The lowest BCUT2D eigenvalue weighted by atomic mass is 9.96. The predicted molar refractivity (Wildman–Crippen MR) is 50.0 cm³/mol. The summed E-state index contributed by atoms with van der Waals surface area (Å²) >= 11 is 11.8. The Bertz CT molecular complexity index is 245. The maximum atomic E-state index is 10.6. The highest BCUT2D eigenvalue weighted by Crippen LogP contribution is 2.37. The minimum absolute atomic E-state index is 0.174. The quantitative estimate of drug-likeness (QED) is 0.687. The lowest BCUT2D eigenvalue weighted by Crippen LogP contribution is -2.28. The molecule has 0 aromatic heterocycles. The smallest absolute Gasteiger partial charge is 0.218 e. The summed E-state index contributed by atoms with van der Waals surface area (Å²) < 4.78 is -0.996. The molecule has 2 nitrogen and oxygen atoms in total. The van der Waals surface area contributed by atoms with Gasteiger partial charge in [-0.3, -0.25) is 4.79 Å². The predicted octanol–water partition coefficient (Wildman–Crippen LogP) is 1.78. The fourth-order valence-electron chi connectivity index (χ4n) is 1.05. The van der Waals surface area contributed by atoms with Gasteiger partial charge in [-0.05, 0) is 6.08 Å². The third-order valence-corrected chi connectivity index (χ3v) is 2.50. The molecule has 66 valence electrons. The number of hydrogen-bond donors (Lipinski definition) is 1. The van der Waals surface area contributed by atoms with Gasteiger partial charge in [-0.15, -0.1) is 0 Å². The number of amides is 1. The van der Waals surface area contributed by atoms with Gasteiger partial charge in [-0.2, -0.15) is 0 Å². The zero-order valence-electron chi connectivity index (χ0n) is 6.34. The van der Waals surface area contributed by atoms with E-state index in [0.29, 0.717) is 0 Å². The number of allylic oxidation sites excluding steroid dienone is 4. The van der Waals surface area contributed by atoms with Crippen LogP contribution >= 0.6 is 23.2 Å². The van der Waals surface area contributed by atoms with E-state index in [1.54, 1.807) is 24.3 Å². The number of nitrogens with two attached hydrogens (primary N) is 1. The van der Waals surface area contributed by atoms with Crippen molar-refractivity contribution in [3.8, 4) is 0 Å². The van der Waals surface area contributed by atoms with Crippen molar-refractivity contribution in [1.29, 1.82) is 0 Å². The van der Waals surface area contributed by atoms with Crippen molar-refractivity contribution in [2.75, 3.05) is 0 Å². The van der Waals surface area contributed by atoms with Crippen LogP contribution in [0.15, 0.2) is 24.3 Å². The molecule has 0 spiro atoms. The largest absolute Gasteiger partial charge is 0.370 e. The minimum Gasteiger partial charge on any atom is -0.370 e. The second kappa shape index (κ2) is 3.50. The van der Waals surface area contributed by atoms with Gasteiger partial charge >= 0.3 is 0 Å². The molecule has 1 rings (SSSR count). The molecule has 0 fully saturated rings. The van der Waals surface area contributed by atoms with Crippen LogP contribution in [0.4, 0.5) is 0 Å². The summed E-state index contributed by atoms with van der Waals surface area (Å²) in [6.45, 7) is 0. The second-order valence-corrected chi connectivity index (χ2v) is 4.14. The van der Waals surface area contributed by atoms with Gasteiger partial charge in [0.05, 0.1) is 0 Å². The Morgan fingerprint density at radius 2 is 2.17 bits per heavy atom. The Balaban J connectivity index is 2.70. The van der Waals surface area contributed by atoms with E-state index in [2.05, 4.69) is 0 Å². The van der Waals surface area contributed by atoms with Gasteiger partial charge in [0, 0.05) is 12.3 Å². The molecule has 1 atom stereocenters. The van der Waals surface area contributed by atoms with Crippen LogP contribution in [0, 0.1) is 5.92 Å². The number of hydrogen-bond acceptors (Lipinski definition) is 1. The molecule has 0 aliphatic heterocycles. The number of alkyl halides is 2. The van der Waals surface area contributed by atoms with Gasteiger partial charge in [0.15, 0.2) is 0 Å². The fourth-order valence-corrected chi connectivity index (χ4v) is 1.50. The Labute approximate surface area is 81.0 Å². The Hall–Kier alpha value is -0.470. The van der Waals surface area contributed by atoms with Crippen LogP contribution in [0.5, 0.6) is 0 Å². The zero-order valence-corrected chi connectivity index (χ0v) is 7.85. The molecule has 1 aliphatic rings. The van der Waals surface area contributed by atoms with Gasteiger partial charge < -0.3 is 5.73 Å². The lowest BCUT2D eigenvalue weighted by molar-refractivity contribution is -0.118. The van der Waals surface area contributed by atoms with Crippen molar-refractivity contribution >= 4 is 29.1 Å². The third-order valence-electron chi connectivity index (χ3n) is 1.69. The number of halogens is 2. The molecule has 0 saturated heterocycles. The highest BCUT2D eigenvalue weighted by atomic mass is 35.5. The molecule has 0 radical (unpaired) electrons. The molecule has 12 heavy (non-hydrogen) atoms. The first-order chi connectivity index (χ1) is 5.52. The van der Waals surface area contributed by atoms with E-state index in [0.717, 1.165) is 0 Å². The number of primary amides is 1. The van der Waals surface area contributed by atoms with E-state index in [9.17, 15) is 4.79 Å². The van der Waals surface area contributed by atoms with Crippen LogP contribution in [0.3, 0.4) is 0 Å². The SMILES string of the molecule is NC(=O)CC1C=CC=CC1(Cl)Cl. The summed E-state index contributed by atoms with van der Waals surface area (Å²) in [5, 5.41) is 0. The first kappa shape index (κ1) is 9.62. The molecule has 0 aromatic rings. The van der Waals surface area contributed by atoms with Crippen LogP contribution in [-0.2, 0) is 4.79 Å². The average molecular weight is 206 g/mol. The van der Waals surface area contributed by atoms with Crippen molar-refractivity contribution in [2.24, 2.45) is 11.7 Å². The van der Waals surface area contributed by atoms with Gasteiger partial charge in [0.2, 0.25) is 5.91 Å². The third kappa shape index (κ3) is 2.26. The summed E-state index contributed by atoms with van der Waals surface area (Å²) in [6, 6.07) is 0. The zero-order chi connectivity index (χ0) is 9.19. The molecule has 1 unspecified atom stereocenters. The molecule has 0 bridgehead atoms. The standard InChI is InChI=1S/C8H9Cl2NO/c9-8(10)4-2-1-3-6(8)5-7(11)12/h1-4,6H,5H2,(H2,11,12). The maximum absolute atomic E-state index is 10.6. The maximum Gasteiger partial charge on any atom is 0.218 e. The molecule has 1 aliphatic carbocycles. The molecular weight excluding hydrogens is 197 g/mol. The van der Waals surface area contributed by atoms with E-state index in [4.69, 9.17) is 28.9 Å². The summed E-state index contributed by atoms with van der Waals surface area (Å²) in [5.41, 5.74) is 5.03. The number of carbonyl (C=O) groups excluding carboxylic acids is 1. The van der Waals surface area contributed by atoms with Crippen LogP contribution < -0.4 is 5.73 Å². The monoisotopic (exact) mass is 205 g/mol. The topological polar surface area (TPSA) is 43.1 Å². The van der Waals surface area contributed by atoms with E-state index >= 15 is 0 Å². The van der Waals surface area contributed by atoms with Crippen molar-refractivity contribution in [2.45, 2.75) is 10.8 Å². The van der Waals surface area contributed by atoms with Gasteiger partial charge in [0.1, 0.15) is 4.33 Å². The Morgan fingerprint density at radius 1 is 1.50 bits per heavy atom. The van der Waals surface area contributed by atoms with Crippen molar-refractivity contribution < 1.29 is 4.79 Å². The summed E-state index contributed by atoms with van der Waals surface area (Å²) in [6.07, 6.45) is 7.15. The summed E-state index contributed by atoms with van der Waals surface area (Å²) in [5.74, 6) is -0.617. The van der Waals surface area contributed by atoms with Crippen LogP contribution in [0.25, 0.3) is 0 Å². The fraction of sp³-hybridized carbons (Fsp3) is 0.375. The van der Waals surface area contributed by atoms with E-state index < -0.39 is 10.2 Å². The second-order valence-electron chi connectivity index (χ2n) is 2.70. The van der Waals surface area contributed by atoms with Crippen LogP contribution in [-0.4, -0.2) is 10.2 Å². The number of carbonyl (C=O) groups is 1. The normalized spacial score (nSPS) is 25.7. The van der Waals surface area contributed by atoms with Crippen molar-refractivity contribution in [1.82, 2.24) is 0 Å². The molecule has 1 amide bonds. The summed E-state index contributed by atoms with van der Waals surface area (Å²) in [7, 11) is 0. The molecule has 4 heteroatoms. The van der Waals surface area contributed by atoms with E-state index in [1.165, 1.54) is 0 Å². The average Bonchev–Trinajstić information content (AvgIpc) is 1.92. The van der Waals surface area contributed by atoms with E-state index in [-0.39, 0.29) is 12.3 Å². The van der Waals surface area contributed by atoms with Gasteiger partial charge in [0.25, 0.3) is 0 Å².